The van der Waals surface area contributed by atoms with E-state index >= 15 is 0 Å². The molecule has 1 rings (SSSR count). The van der Waals surface area contributed by atoms with Crippen LogP contribution in [0.3, 0.4) is 0 Å². The van der Waals surface area contributed by atoms with Crippen LogP contribution >= 0.6 is 0 Å². The van der Waals surface area contributed by atoms with Crippen LogP contribution in [0.5, 0.6) is 11.5 Å². The van der Waals surface area contributed by atoms with Crippen LogP contribution in [-0.4, -0.2) is 19.8 Å². The molecule has 5 heteroatoms. The molecule has 0 heterocycles. The number of hydrogen-bond acceptors (Lipinski definition) is 4. The molecule has 1 N–H and O–H groups in total. The monoisotopic (exact) mass is 188 g/mol. The number of rotatable bonds is 2. The Bertz CT molecular complexity index is 351. The molecule has 4 nitrogen and oxygen atoms in total. The average Bonchev–Trinajstić information content (AvgIpc) is 1.91. The standard InChI is InChI=1S/C7H8O4S/c1-12(9,10)11-7-4-2-6(8)3-5-7/h2-5,8H,1H3. The van der Waals surface area contributed by atoms with E-state index in [1.807, 2.05) is 0 Å². The van der Waals surface area contributed by atoms with E-state index in [4.69, 9.17) is 5.11 Å². The van der Waals surface area contributed by atoms with Crippen molar-refractivity contribution in [3.05, 3.63) is 24.3 Å². The summed E-state index contributed by atoms with van der Waals surface area (Å²) >= 11 is 0. The first-order valence-electron chi connectivity index (χ1n) is 3.16. The van der Waals surface area contributed by atoms with Gasteiger partial charge in [-0.15, -0.1) is 0 Å². The van der Waals surface area contributed by atoms with Crippen molar-refractivity contribution in [2.24, 2.45) is 0 Å². The predicted molar refractivity (Wildman–Crippen MR) is 43.6 cm³/mol. The van der Waals surface area contributed by atoms with Gasteiger partial charge in [0.15, 0.2) is 0 Å². The van der Waals surface area contributed by atoms with Gasteiger partial charge in [0.1, 0.15) is 11.5 Å². The van der Waals surface area contributed by atoms with Crippen LogP contribution in [0.15, 0.2) is 24.3 Å². The molecule has 0 fully saturated rings. The summed E-state index contributed by atoms with van der Waals surface area (Å²) in [6, 6.07) is 5.44. The molecule has 0 aromatic heterocycles. The summed E-state index contributed by atoms with van der Waals surface area (Å²) in [6.45, 7) is 0. The van der Waals surface area contributed by atoms with Crippen molar-refractivity contribution in [1.29, 1.82) is 0 Å². The van der Waals surface area contributed by atoms with Crippen molar-refractivity contribution in [2.45, 2.75) is 0 Å². The van der Waals surface area contributed by atoms with E-state index in [9.17, 15) is 8.42 Å². The first-order chi connectivity index (χ1) is 5.47. The summed E-state index contributed by atoms with van der Waals surface area (Å²) in [5.74, 6) is 0.256. The second kappa shape index (κ2) is 3.02. The summed E-state index contributed by atoms with van der Waals surface area (Å²) in [5, 5.41) is 8.85. The molecule has 12 heavy (non-hydrogen) atoms. The molecule has 0 radical (unpaired) electrons. The number of phenolic OH excluding ortho intramolecular Hbond substituents is 1. The highest BCUT2D eigenvalue weighted by Crippen LogP contribution is 2.16. The van der Waals surface area contributed by atoms with Crippen LogP contribution in [0.2, 0.25) is 0 Å². The van der Waals surface area contributed by atoms with Crippen LogP contribution in [0.4, 0.5) is 0 Å². The zero-order chi connectivity index (χ0) is 9.19. The summed E-state index contributed by atoms with van der Waals surface area (Å²) < 4.78 is 25.7. The highest BCUT2D eigenvalue weighted by atomic mass is 32.2. The molecular weight excluding hydrogens is 180 g/mol. The maximum Gasteiger partial charge on any atom is 0.306 e. The van der Waals surface area contributed by atoms with Crippen molar-refractivity contribution in [3.63, 3.8) is 0 Å². The van der Waals surface area contributed by atoms with Gasteiger partial charge in [-0.2, -0.15) is 8.42 Å². The largest absolute Gasteiger partial charge is 0.508 e. The van der Waals surface area contributed by atoms with E-state index < -0.39 is 10.1 Å². The van der Waals surface area contributed by atoms with Crippen molar-refractivity contribution >= 4 is 10.1 Å². The molecule has 0 spiro atoms. The molecule has 0 saturated heterocycles. The fourth-order valence-electron chi connectivity index (χ4n) is 0.676. The normalized spacial score (nSPS) is 11.1. The molecule has 0 bridgehead atoms. The molecule has 0 saturated carbocycles. The Morgan fingerprint density at radius 1 is 1.25 bits per heavy atom. The van der Waals surface area contributed by atoms with Gasteiger partial charge in [-0.25, -0.2) is 0 Å². The zero-order valence-electron chi connectivity index (χ0n) is 6.39. The van der Waals surface area contributed by atoms with Crippen LogP contribution < -0.4 is 4.18 Å². The molecule has 0 amide bonds. The Hall–Kier alpha value is -1.23. The summed E-state index contributed by atoms with van der Waals surface area (Å²) in [5.41, 5.74) is 0. The van der Waals surface area contributed by atoms with E-state index in [0.29, 0.717) is 0 Å². The third kappa shape index (κ3) is 2.79. The first-order valence-corrected chi connectivity index (χ1v) is 4.97. The first kappa shape index (κ1) is 8.86. The van der Waals surface area contributed by atoms with Crippen molar-refractivity contribution < 1.29 is 17.7 Å². The summed E-state index contributed by atoms with van der Waals surface area (Å²) in [7, 11) is -3.47. The Morgan fingerprint density at radius 3 is 2.17 bits per heavy atom. The van der Waals surface area contributed by atoms with Crippen LogP contribution in [-0.2, 0) is 10.1 Å². The van der Waals surface area contributed by atoms with Gasteiger partial charge in [0, 0.05) is 0 Å². The molecule has 0 aliphatic rings. The predicted octanol–water partition coefficient (Wildman–Crippen LogP) is 0.731. The van der Waals surface area contributed by atoms with Crippen molar-refractivity contribution in [2.75, 3.05) is 6.26 Å². The molecule has 0 unspecified atom stereocenters. The maximum atomic E-state index is 10.6. The van der Waals surface area contributed by atoms with Crippen molar-refractivity contribution in [3.8, 4) is 11.5 Å². The molecule has 0 aliphatic heterocycles. The van der Waals surface area contributed by atoms with Crippen LogP contribution in [0.25, 0.3) is 0 Å². The molecule has 0 aliphatic carbocycles. The topological polar surface area (TPSA) is 63.6 Å². The summed E-state index contributed by atoms with van der Waals surface area (Å²) in [6.07, 6.45) is 0.958. The minimum absolute atomic E-state index is 0.0656. The van der Waals surface area contributed by atoms with Gasteiger partial charge in [0.05, 0.1) is 6.26 Å². The summed E-state index contributed by atoms with van der Waals surface area (Å²) in [4.78, 5) is 0. The van der Waals surface area contributed by atoms with E-state index in [1.165, 1.54) is 24.3 Å². The number of hydrogen-bond donors (Lipinski definition) is 1. The highest BCUT2D eigenvalue weighted by Gasteiger charge is 2.02. The smallest absolute Gasteiger partial charge is 0.306 e. The SMILES string of the molecule is CS(=O)(=O)Oc1ccc(O)cc1. The lowest BCUT2D eigenvalue weighted by Crippen LogP contribution is -2.05. The Balaban J connectivity index is 2.85. The van der Waals surface area contributed by atoms with Gasteiger partial charge >= 0.3 is 10.1 Å². The quantitative estimate of drug-likeness (QED) is 0.695. The Morgan fingerprint density at radius 2 is 1.75 bits per heavy atom. The van der Waals surface area contributed by atoms with Gasteiger partial charge in [-0.1, -0.05) is 0 Å². The third-order valence-electron chi connectivity index (χ3n) is 1.08. The van der Waals surface area contributed by atoms with Gasteiger partial charge < -0.3 is 9.29 Å². The minimum Gasteiger partial charge on any atom is -0.508 e. The molecule has 0 atom stereocenters. The van der Waals surface area contributed by atoms with Gasteiger partial charge in [0.25, 0.3) is 0 Å². The van der Waals surface area contributed by atoms with E-state index in [1.54, 1.807) is 0 Å². The Labute approximate surface area is 70.5 Å². The lowest BCUT2D eigenvalue weighted by atomic mass is 10.3. The lowest BCUT2D eigenvalue weighted by Gasteiger charge is -2.01. The second-order valence-electron chi connectivity index (χ2n) is 2.28. The number of aromatic hydroxyl groups is 1. The zero-order valence-corrected chi connectivity index (χ0v) is 7.21. The fourth-order valence-corrected chi connectivity index (χ4v) is 1.14. The fraction of sp³-hybridized carbons (Fsp3) is 0.143. The number of benzene rings is 1. The third-order valence-corrected chi connectivity index (χ3v) is 1.58. The number of phenols is 1. The molecule has 1 aromatic carbocycles. The van der Waals surface area contributed by atoms with E-state index in [-0.39, 0.29) is 11.5 Å². The molecule has 1 aromatic rings. The van der Waals surface area contributed by atoms with Crippen LogP contribution in [0, 0.1) is 0 Å². The Kier molecular flexibility index (Phi) is 2.23. The molecular formula is C7H8O4S. The maximum absolute atomic E-state index is 10.6. The second-order valence-corrected chi connectivity index (χ2v) is 3.86. The average molecular weight is 188 g/mol. The lowest BCUT2D eigenvalue weighted by molar-refractivity contribution is 0.470. The van der Waals surface area contributed by atoms with Gasteiger partial charge in [-0.3, -0.25) is 0 Å². The van der Waals surface area contributed by atoms with Crippen LogP contribution in [0.1, 0.15) is 0 Å². The van der Waals surface area contributed by atoms with E-state index in [2.05, 4.69) is 4.18 Å². The molecule has 66 valence electrons. The van der Waals surface area contributed by atoms with E-state index in [0.717, 1.165) is 6.26 Å². The van der Waals surface area contributed by atoms with Gasteiger partial charge in [0.2, 0.25) is 0 Å². The van der Waals surface area contributed by atoms with Gasteiger partial charge in [-0.05, 0) is 24.3 Å². The van der Waals surface area contributed by atoms with Crippen molar-refractivity contribution in [1.82, 2.24) is 0 Å². The minimum atomic E-state index is -3.47. The highest BCUT2D eigenvalue weighted by molar-refractivity contribution is 7.86.